The zero-order valence-electron chi connectivity index (χ0n) is 14.2. The molecule has 2 heterocycles. The fourth-order valence-electron chi connectivity index (χ4n) is 3.87. The van der Waals surface area contributed by atoms with Gasteiger partial charge < -0.3 is 9.64 Å². The lowest BCUT2D eigenvalue weighted by molar-refractivity contribution is -0.131. The Morgan fingerprint density at radius 2 is 1.87 bits per heavy atom. The van der Waals surface area contributed by atoms with Crippen LogP contribution in [0.1, 0.15) is 37.7 Å². The van der Waals surface area contributed by atoms with Gasteiger partial charge in [0.05, 0.1) is 13.5 Å². The van der Waals surface area contributed by atoms with Crippen LogP contribution in [0.15, 0.2) is 24.3 Å². The quantitative estimate of drug-likeness (QED) is 0.856. The van der Waals surface area contributed by atoms with Gasteiger partial charge in [-0.15, -0.1) is 0 Å². The Kier molecular flexibility index (Phi) is 5.55. The largest absolute Gasteiger partial charge is 0.496 e. The molecule has 0 aliphatic carbocycles. The molecule has 2 saturated heterocycles. The Hall–Kier alpha value is -1.55. The standard InChI is InChI=1S/C19H28N2O2/c1-23-18-10-3-2-8-16(18)14-19(22)21-13-5-4-9-17(15-21)20-11-6-7-12-20/h2-3,8,10,17H,4-7,9,11-15H2,1H3/t17-/m0/s1. The van der Waals surface area contributed by atoms with Crippen LogP contribution in [0.4, 0.5) is 0 Å². The zero-order chi connectivity index (χ0) is 16.1. The van der Waals surface area contributed by atoms with E-state index in [2.05, 4.69) is 9.80 Å². The first kappa shape index (κ1) is 16.3. The van der Waals surface area contributed by atoms with Gasteiger partial charge in [0, 0.05) is 24.7 Å². The average molecular weight is 316 g/mol. The molecule has 2 fully saturated rings. The van der Waals surface area contributed by atoms with Crippen LogP contribution >= 0.6 is 0 Å². The van der Waals surface area contributed by atoms with Gasteiger partial charge in [-0.1, -0.05) is 24.6 Å². The third-order valence-electron chi connectivity index (χ3n) is 5.19. The van der Waals surface area contributed by atoms with Crippen LogP contribution in [-0.4, -0.2) is 55.0 Å². The van der Waals surface area contributed by atoms with Crippen LogP contribution in [0.5, 0.6) is 5.75 Å². The predicted molar refractivity (Wildman–Crippen MR) is 91.7 cm³/mol. The molecule has 1 aromatic rings. The smallest absolute Gasteiger partial charge is 0.227 e. The van der Waals surface area contributed by atoms with Crippen molar-refractivity contribution in [1.29, 1.82) is 0 Å². The molecule has 23 heavy (non-hydrogen) atoms. The number of benzene rings is 1. The third kappa shape index (κ3) is 4.05. The number of amides is 1. The number of hydrogen-bond donors (Lipinski definition) is 0. The second-order valence-electron chi connectivity index (χ2n) is 6.72. The highest BCUT2D eigenvalue weighted by molar-refractivity contribution is 5.79. The normalized spacial score (nSPS) is 22.8. The van der Waals surface area contributed by atoms with E-state index in [4.69, 9.17) is 4.74 Å². The summed E-state index contributed by atoms with van der Waals surface area (Å²) in [6, 6.07) is 8.40. The summed E-state index contributed by atoms with van der Waals surface area (Å²) in [6.45, 7) is 4.21. The fourth-order valence-corrected chi connectivity index (χ4v) is 3.87. The monoisotopic (exact) mass is 316 g/mol. The first-order valence-electron chi connectivity index (χ1n) is 8.91. The topological polar surface area (TPSA) is 32.8 Å². The molecule has 0 radical (unpaired) electrons. The Bertz CT molecular complexity index is 526. The molecule has 1 aromatic carbocycles. The van der Waals surface area contributed by atoms with E-state index in [0.29, 0.717) is 12.5 Å². The highest BCUT2D eigenvalue weighted by Crippen LogP contribution is 2.22. The summed E-state index contributed by atoms with van der Waals surface area (Å²) < 4.78 is 5.38. The second kappa shape index (κ2) is 7.82. The highest BCUT2D eigenvalue weighted by atomic mass is 16.5. The summed E-state index contributed by atoms with van der Waals surface area (Å²) >= 11 is 0. The molecular formula is C19H28N2O2. The number of carbonyl (C=O) groups is 1. The number of para-hydroxylation sites is 1. The Morgan fingerprint density at radius 1 is 1.13 bits per heavy atom. The van der Waals surface area contributed by atoms with Crippen molar-refractivity contribution in [3.05, 3.63) is 29.8 Å². The third-order valence-corrected chi connectivity index (χ3v) is 5.19. The van der Waals surface area contributed by atoms with E-state index < -0.39 is 0 Å². The molecule has 126 valence electrons. The van der Waals surface area contributed by atoms with E-state index >= 15 is 0 Å². The molecule has 0 spiro atoms. The number of rotatable bonds is 4. The van der Waals surface area contributed by atoms with E-state index in [1.54, 1.807) is 7.11 Å². The lowest BCUT2D eigenvalue weighted by atomic mass is 10.1. The van der Waals surface area contributed by atoms with E-state index in [1.165, 1.54) is 38.8 Å². The molecule has 3 rings (SSSR count). The van der Waals surface area contributed by atoms with Crippen molar-refractivity contribution in [1.82, 2.24) is 9.80 Å². The van der Waals surface area contributed by atoms with Crippen molar-refractivity contribution in [2.45, 2.75) is 44.6 Å². The Labute approximate surface area is 139 Å². The zero-order valence-corrected chi connectivity index (χ0v) is 14.2. The molecule has 2 aliphatic rings. The van der Waals surface area contributed by atoms with E-state index in [-0.39, 0.29) is 5.91 Å². The van der Waals surface area contributed by atoms with Crippen LogP contribution in [0.2, 0.25) is 0 Å². The first-order valence-corrected chi connectivity index (χ1v) is 8.91. The van der Waals surface area contributed by atoms with Crippen LogP contribution in [0.3, 0.4) is 0 Å². The Morgan fingerprint density at radius 3 is 2.65 bits per heavy atom. The maximum absolute atomic E-state index is 12.8. The molecular weight excluding hydrogens is 288 g/mol. The molecule has 1 amide bonds. The van der Waals surface area contributed by atoms with E-state index in [9.17, 15) is 4.79 Å². The van der Waals surface area contributed by atoms with Gasteiger partial charge >= 0.3 is 0 Å². The van der Waals surface area contributed by atoms with Crippen molar-refractivity contribution in [3.8, 4) is 5.75 Å². The van der Waals surface area contributed by atoms with Gasteiger partial charge in [0.15, 0.2) is 0 Å². The van der Waals surface area contributed by atoms with E-state index in [0.717, 1.165) is 30.8 Å². The SMILES string of the molecule is COc1ccccc1CC(=O)N1CCCC[C@H](N2CCCC2)C1. The number of carbonyl (C=O) groups excluding carboxylic acids is 1. The molecule has 2 aliphatic heterocycles. The van der Waals surface area contributed by atoms with Crippen LogP contribution in [0, 0.1) is 0 Å². The summed E-state index contributed by atoms with van der Waals surface area (Å²) in [5.74, 6) is 1.05. The summed E-state index contributed by atoms with van der Waals surface area (Å²) in [5.41, 5.74) is 0.988. The molecule has 1 atom stereocenters. The van der Waals surface area contributed by atoms with Crippen LogP contribution < -0.4 is 4.74 Å². The van der Waals surface area contributed by atoms with Crippen LogP contribution in [-0.2, 0) is 11.2 Å². The summed E-state index contributed by atoms with van der Waals surface area (Å²) in [5, 5.41) is 0. The van der Waals surface area contributed by atoms with Gasteiger partial charge in [0.1, 0.15) is 5.75 Å². The molecule has 0 N–H and O–H groups in total. The highest BCUT2D eigenvalue weighted by Gasteiger charge is 2.28. The van der Waals surface area contributed by atoms with E-state index in [1.807, 2.05) is 24.3 Å². The number of nitrogens with zero attached hydrogens (tertiary/aromatic N) is 2. The van der Waals surface area contributed by atoms with Crippen molar-refractivity contribution in [3.63, 3.8) is 0 Å². The number of ether oxygens (including phenoxy) is 1. The maximum atomic E-state index is 12.8. The molecule has 0 saturated carbocycles. The van der Waals surface area contributed by atoms with Crippen molar-refractivity contribution in [2.75, 3.05) is 33.3 Å². The Balaban J connectivity index is 1.65. The summed E-state index contributed by atoms with van der Waals surface area (Å²) in [4.78, 5) is 17.5. The molecule has 4 nitrogen and oxygen atoms in total. The number of hydrogen-bond acceptors (Lipinski definition) is 3. The van der Waals surface area contributed by atoms with Crippen molar-refractivity contribution < 1.29 is 9.53 Å². The summed E-state index contributed by atoms with van der Waals surface area (Å²) in [6.07, 6.45) is 6.66. The average Bonchev–Trinajstić information content (AvgIpc) is 3.00. The van der Waals surface area contributed by atoms with Gasteiger partial charge in [-0.2, -0.15) is 0 Å². The molecule has 0 aromatic heterocycles. The minimum absolute atomic E-state index is 0.237. The maximum Gasteiger partial charge on any atom is 0.227 e. The van der Waals surface area contributed by atoms with Gasteiger partial charge in [0.25, 0.3) is 0 Å². The molecule has 0 bridgehead atoms. The van der Waals surface area contributed by atoms with Gasteiger partial charge in [-0.3, -0.25) is 9.69 Å². The summed E-state index contributed by atoms with van der Waals surface area (Å²) in [7, 11) is 1.67. The molecule has 0 unspecified atom stereocenters. The first-order chi connectivity index (χ1) is 11.3. The predicted octanol–water partition coefficient (Wildman–Crippen LogP) is 2.71. The minimum atomic E-state index is 0.237. The van der Waals surface area contributed by atoms with Crippen molar-refractivity contribution in [2.24, 2.45) is 0 Å². The minimum Gasteiger partial charge on any atom is -0.496 e. The lowest BCUT2D eigenvalue weighted by Gasteiger charge is -2.31. The van der Waals surface area contributed by atoms with Gasteiger partial charge in [0.2, 0.25) is 5.91 Å². The second-order valence-corrected chi connectivity index (χ2v) is 6.72. The van der Waals surface area contributed by atoms with Gasteiger partial charge in [-0.05, 0) is 44.8 Å². The fraction of sp³-hybridized carbons (Fsp3) is 0.632. The molecule has 4 heteroatoms. The number of likely N-dealkylation sites (tertiary alicyclic amines) is 2. The van der Waals surface area contributed by atoms with Crippen LogP contribution in [0.25, 0.3) is 0 Å². The number of methoxy groups -OCH3 is 1. The van der Waals surface area contributed by atoms with Gasteiger partial charge in [-0.25, -0.2) is 0 Å². The lowest BCUT2D eigenvalue weighted by Crippen LogP contribution is -2.44. The van der Waals surface area contributed by atoms with Crippen molar-refractivity contribution >= 4 is 5.91 Å².